The molecule has 0 amide bonds. The molecule has 0 radical (unpaired) electrons. The van der Waals surface area contributed by atoms with E-state index in [9.17, 15) is 0 Å². The van der Waals surface area contributed by atoms with Crippen molar-refractivity contribution in [3.8, 4) is 0 Å². The second-order valence-electron chi connectivity index (χ2n) is 6.00. The fourth-order valence-corrected chi connectivity index (χ4v) is 3.67. The van der Waals surface area contributed by atoms with E-state index in [1.165, 1.54) is 19.3 Å². The van der Waals surface area contributed by atoms with E-state index in [0.29, 0.717) is 11.5 Å². The van der Waals surface area contributed by atoms with Crippen LogP contribution in [0, 0.1) is 0 Å². The van der Waals surface area contributed by atoms with Crippen LogP contribution in [0.25, 0.3) is 0 Å². The molecule has 3 rings (SSSR count). The van der Waals surface area contributed by atoms with Gasteiger partial charge in [-0.15, -0.1) is 0 Å². The fraction of sp³-hybridized carbons (Fsp3) is 0.600. The van der Waals surface area contributed by atoms with Crippen molar-refractivity contribution in [3.05, 3.63) is 34.9 Å². The molecule has 2 aliphatic carbocycles. The van der Waals surface area contributed by atoms with Crippen molar-refractivity contribution >= 4 is 0 Å². The predicted octanol–water partition coefficient (Wildman–Crippen LogP) is 3.51. The van der Waals surface area contributed by atoms with Gasteiger partial charge >= 0.3 is 0 Å². The van der Waals surface area contributed by atoms with Crippen LogP contribution in [0.2, 0.25) is 0 Å². The lowest BCUT2D eigenvalue weighted by Crippen LogP contribution is -2.25. The quantitative estimate of drug-likeness (QED) is 0.756. The molecule has 1 N–H and O–H groups in total. The van der Waals surface area contributed by atoms with Crippen LogP contribution < -0.4 is 5.32 Å². The van der Waals surface area contributed by atoms with Gasteiger partial charge in [0.25, 0.3) is 0 Å². The smallest absolute Gasteiger partial charge is 0.0326 e. The van der Waals surface area contributed by atoms with E-state index in [4.69, 9.17) is 0 Å². The summed E-state index contributed by atoms with van der Waals surface area (Å²) in [6.07, 6.45) is 4.01. The molecule has 0 saturated carbocycles. The van der Waals surface area contributed by atoms with E-state index < -0.39 is 0 Å². The van der Waals surface area contributed by atoms with Gasteiger partial charge in [-0.2, -0.15) is 0 Å². The first-order chi connectivity index (χ1) is 7.63. The Morgan fingerprint density at radius 1 is 1.31 bits per heavy atom. The summed E-state index contributed by atoms with van der Waals surface area (Å²) in [5, 5.41) is 3.47. The fourth-order valence-electron chi connectivity index (χ4n) is 3.67. The minimum Gasteiger partial charge on any atom is -0.313 e. The number of hydrogen-bond donors (Lipinski definition) is 1. The Bertz CT molecular complexity index is 419. The number of hydrogen-bond acceptors (Lipinski definition) is 1. The van der Waals surface area contributed by atoms with E-state index in [2.05, 4.69) is 44.4 Å². The largest absolute Gasteiger partial charge is 0.313 e. The Hall–Kier alpha value is -0.820. The molecule has 0 bridgehead atoms. The molecule has 0 heterocycles. The monoisotopic (exact) mass is 215 g/mol. The third kappa shape index (κ3) is 1.27. The average Bonchev–Trinajstić information content (AvgIpc) is 2.64. The minimum absolute atomic E-state index is 0.379. The van der Waals surface area contributed by atoms with E-state index in [1.807, 2.05) is 0 Å². The van der Waals surface area contributed by atoms with Gasteiger partial charge in [0.2, 0.25) is 0 Å². The molecule has 16 heavy (non-hydrogen) atoms. The Balaban J connectivity index is 2.19. The summed E-state index contributed by atoms with van der Waals surface area (Å²) < 4.78 is 0. The predicted molar refractivity (Wildman–Crippen MR) is 67.9 cm³/mol. The molecule has 1 heteroatoms. The summed E-state index contributed by atoms with van der Waals surface area (Å²) >= 11 is 0. The summed E-state index contributed by atoms with van der Waals surface area (Å²) in [6.45, 7) is 4.79. The highest BCUT2D eigenvalue weighted by Crippen LogP contribution is 2.52. The topological polar surface area (TPSA) is 12.0 Å². The lowest BCUT2D eigenvalue weighted by Gasteiger charge is -2.35. The molecule has 1 aromatic rings. The zero-order valence-corrected chi connectivity index (χ0v) is 10.5. The van der Waals surface area contributed by atoms with Gasteiger partial charge in [0, 0.05) is 6.04 Å². The molecule has 2 atom stereocenters. The molecule has 86 valence electrons. The van der Waals surface area contributed by atoms with Gasteiger partial charge in [0.05, 0.1) is 0 Å². The zero-order valence-electron chi connectivity index (χ0n) is 10.5. The van der Waals surface area contributed by atoms with Crippen LogP contribution in [0.5, 0.6) is 0 Å². The van der Waals surface area contributed by atoms with Gasteiger partial charge in [-0.1, -0.05) is 32.0 Å². The number of rotatable bonds is 1. The molecule has 0 saturated heterocycles. The minimum atomic E-state index is 0.379. The molecule has 2 unspecified atom stereocenters. The Morgan fingerprint density at radius 3 is 2.88 bits per heavy atom. The molecular weight excluding hydrogens is 194 g/mol. The molecule has 0 aliphatic heterocycles. The normalized spacial score (nSPS) is 30.2. The van der Waals surface area contributed by atoms with Gasteiger partial charge in [-0.3, -0.25) is 0 Å². The van der Waals surface area contributed by atoms with Crippen LogP contribution in [0.1, 0.15) is 61.8 Å². The summed E-state index contributed by atoms with van der Waals surface area (Å²) in [5.41, 5.74) is 5.24. The third-order valence-corrected chi connectivity index (χ3v) is 4.64. The Kier molecular flexibility index (Phi) is 2.16. The third-order valence-electron chi connectivity index (χ3n) is 4.64. The van der Waals surface area contributed by atoms with Crippen molar-refractivity contribution < 1.29 is 0 Å². The maximum Gasteiger partial charge on any atom is 0.0326 e. The Morgan fingerprint density at radius 2 is 2.12 bits per heavy atom. The molecule has 0 aromatic heterocycles. The van der Waals surface area contributed by atoms with E-state index >= 15 is 0 Å². The van der Waals surface area contributed by atoms with Crippen LogP contribution >= 0.6 is 0 Å². The van der Waals surface area contributed by atoms with Crippen molar-refractivity contribution in [3.63, 3.8) is 0 Å². The maximum atomic E-state index is 3.47. The van der Waals surface area contributed by atoms with E-state index in [0.717, 1.165) is 5.92 Å². The highest BCUT2D eigenvalue weighted by Gasteiger charge is 2.39. The average molecular weight is 215 g/mol. The van der Waals surface area contributed by atoms with Crippen molar-refractivity contribution in [1.29, 1.82) is 0 Å². The summed E-state index contributed by atoms with van der Waals surface area (Å²) in [4.78, 5) is 0. The van der Waals surface area contributed by atoms with E-state index in [1.54, 1.807) is 16.7 Å². The molecular formula is C15H21N. The van der Waals surface area contributed by atoms with Gasteiger partial charge in [-0.25, -0.2) is 0 Å². The highest BCUT2D eigenvalue weighted by molar-refractivity contribution is 5.48. The van der Waals surface area contributed by atoms with Crippen LogP contribution in [0.15, 0.2) is 18.2 Å². The molecule has 1 nitrogen and oxygen atoms in total. The van der Waals surface area contributed by atoms with Crippen molar-refractivity contribution in [2.45, 2.75) is 50.5 Å². The van der Waals surface area contributed by atoms with Crippen LogP contribution in [-0.2, 0) is 5.41 Å². The highest BCUT2D eigenvalue weighted by atomic mass is 14.9. The van der Waals surface area contributed by atoms with Gasteiger partial charge in [0.15, 0.2) is 0 Å². The first-order valence-corrected chi connectivity index (χ1v) is 6.44. The van der Waals surface area contributed by atoms with Gasteiger partial charge < -0.3 is 5.32 Å². The maximum absolute atomic E-state index is 3.47. The standard InChI is InChI=1S/C15H21N/c1-15(2)8-7-10-9-13(16-3)11-5-4-6-12(15)14(10)11/h4-6,10,13,16H,7-9H2,1-3H3. The van der Waals surface area contributed by atoms with Crippen LogP contribution in [0.3, 0.4) is 0 Å². The Labute approximate surface area is 98.3 Å². The van der Waals surface area contributed by atoms with Crippen molar-refractivity contribution in [1.82, 2.24) is 5.32 Å². The zero-order chi connectivity index (χ0) is 11.3. The second kappa shape index (κ2) is 3.33. The first-order valence-electron chi connectivity index (χ1n) is 6.44. The lowest BCUT2D eigenvalue weighted by atomic mass is 9.69. The van der Waals surface area contributed by atoms with E-state index in [-0.39, 0.29) is 0 Å². The number of benzene rings is 1. The van der Waals surface area contributed by atoms with Gasteiger partial charge in [0.1, 0.15) is 0 Å². The molecule has 0 spiro atoms. The molecule has 2 aliphatic rings. The SMILES string of the molecule is CNC1CC2CCC(C)(C)c3cccc1c32. The number of nitrogens with one attached hydrogen (secondary N) is 1. The summed E-state index contributed by atoms with van der Waals surface area (Å²) in [6, 6.07) is 7.51. The van der Waals surface area contributed by atoms with Crippen molar-refractivity contribution in [2.75, 3.05) is 7.05 Å². The molecule has 1 aromatic carbocycles. The molecule has 0 fully saturated rings. The summed E-state index contributed by atoms with van der Waals surface area (Å²) in [7, 11) is 2.09. The van der Waals surface area contributed by atoms with Crippen molar-refractivity contribution in [2.24, 2.45) is 0 Å². The first kappa shape index (κ1) is 10.3. The lowest BCUT2D eigenvalue weighted by molar-refractivity contribution is 0.384. The van der Waals surface area contributed by atoms with Crippen LogP contribution in [0.4, 0.5) is 0 Å². The second-order valence-corrected chi connectivity index (χ2v) is 6.00. The van der Waals surface area contributed by atoms with Gasteiger partial charge in [-0.05, 0) is 54.3 Å². The summed E-state index contributed by atoms with van der Waals surface area (Å²) in [5.74, 6) is 0.816. The van der Waals surface area contributed by atoms with Crippen LogP contribution in [-0.4, -0.2) is 7.05 Å².